The Labute approximate surface area is 169 Å². The SMILES string of the molecule is O=C1[C@H]2CC[C@H](CN(Cc3cc(=O)n4ccccc4n3)C2)N1Cc1ccccc1. The monoisotopic (exact) mass is 388 g/mol. The van der Waals surface area contributed by atoms with Gasteiger partial charge in [-0.05, 0) is 30.5 Å². The second-order valence-electron chi connectivity index (χ2n) is 8.09. The van der Waals surface area contributed by atoms with Crippen molar-refractivity contribution in [3.63, 3.8) is 0 Å². The van der Waals surface area contributed by atoms with Crippen LogP contribution in [0.2, 0.25) is 0 Å². The van der Waals surface area contributed by atoms with Crippen LogP contribution in [0.4, 0.5) is 0 Å². The van der Waals surface area contributed by atoms with Gasteiger partial charge in [0.2, 0.25) is 5.91 Å². The molecule has 3 fully saturated rings. The lowest BCUT2D eigenvalue weighted by atomic mass is 9.93. The molecule has 29 heavy (non-hydrogen) atoms. The Balaban J connectivity index is 1.37. The van der Waals surface area contributed by atoms with Crippen LogP contribution in [0.15, 0.2) is 65.6 Å². The Morgan fingerprint density at radius 2 is 1.76 bits per heavy atom. The maximum atomic E-state index is 13.1. The number of aromatic nitrogens is 2. The van der Waals surface area contributed by atoms with E-state index in [4.69, 9.17) is 0 Å². The number of benzene rings is 1. The van der Waals surface area contributed by atoms with E-state index in [1.54, 1.807) is 16.7 Å². The van der Waals surface area contributed by atoms with Gasteiger partial charge in [-0.1, -0.05) is 36.4 Å². The maximum absolute atomic E-state index is 13.1. The van der Waals surface area contributed by atoms with E-state index in [-0.39, 0.29) is 23.4 Å². The molecule has 6 heteroatoms. The molecule has 0 aliphatic carbocycles. The summed E-state index contributed by atoms with van der Waals surface area (Å²) in [5.74, 6) is 0.290. The molecule has 148 valence electrons. The number of carbonyl (C=O) groups is 1. The van der Waals surface area contributed by atoms with E-state index >= 15 is 0 Å². The lowest BCUT2D eigenvalue weighted by Crippen LogP contribution is -2.47. The predicted octanol–water partition coefficient (Wildman–Crippen LogP) is 2.32. The van der Waals surface area contributed by atoms with Gasteiger partial charge in [0.05, 0.1) is 11.6 Å². The number of carbonyl (C=O) groups excluding carboxylic acids is 1. The number of hydrogen-bond donors (Lipinski definition) is 0. The van der Waals surface area contributed by atoms with Crippen LogP contribution in [0.25, 0.3) is 5.65 Å². The zero-order valence-electron chi connectivity index (χ0n) is 16.3. The van der Waals surface area contributed by atoms with E-state index in [0.29, 0.717) is 18.7 Å². The van der Waals surface area contributed by atoms with Gasteiger partial charge in [0.1, 0.15) is 5.65 Å². The Bertz CT molecular complexity index is 1090. The number of nitrogens with zero attached hydrogens (tertiary/aromatic N) is 4. The zero-order valence-corrected chi connectivity index (χ0v) is 16.3. The maximum Gasteiger partial charge on any atom is 0.258 e. The smallest absolute Gasteiger partial charge is 0.258 e. The summed E-state index contributed by atoms with van der Waals surface area (Å²) in [4.78, 5) is 34.5. The summed E-state index contributed by atoms with van der Waals surface area (Å²) >= 11 is 0. The first-order valence-corrected chi connectivity index (χ1v) is 10.2. The number of fused-ring (bicyclic) bond motifs is 5. The van der Waals surface area contributed by atoms with Gasteiger partial charge in [0, 0.05) is 44.5 Å². The van der Waals surface area contributed by atoms with Crippen LogP contribution in [0.1, 0.15) is 24.1 Å². The molecule has 1 amide bonds. The average Bonchev–Trinajstić information content (AvgIpc) is 3.00. The molecule has 2 aromatic heterocycles. The molecule has 3 aliphatic rings. The molecule has 0 saturated carbocycles. The van der Waals surface area contributed by atoms with Crippen molar-refractivity contribution < 1.29 is 4.79 Å². The standard InChI is InChI=1S/C23H24N4O2/c28-22-12-19(24-21-8-4-5-11-26(21)22)15-25-14-18-9-10-20(16-25)27(23(18)29)13-17-6-2-1-3-7-17/h1-8,11-12,18,20H,9-10,13-16H2/t18-,20+/m0/s1. The summed E-state index contributed by atoms with van der Waals surface area (Å²) in [7, 11) is 0. The van der Waals surface area contributed by atoms with Gasteiger partial charge in [-0.15, -0.1) is 0 Å². The molecule has 3 saturated heterocycles. The molecule has 6 nitrogen and oxygen atoms in total. The van der Waals surface area contributed by atoms with E-state index in [1.807, 2.05) is 36.4 Å². The Kier molecular flexibility index (Phi) is 4.64. The molecular weight excluding hydrogens is 364 g/mol. The minimum absolute atomic E-state index is 0.0269. The van der Waals surface area contributed by atoms with Crippen molar-refractivity contribution in [1.82, 2.24) is 19.2 Å². The fourth-order valence-corrected chi connectivity index (χ4v) is 4.66. The van der Waals surface area contributed by atoms with Gasteiger partial charge in [-0.3, -0.25) is 18.9 Å². The van der Waals surface area contributed by atoms with Gasteiger partial charge < -0.3 is 4.90 Å². The van der Waals surface area contributed by atoms with Gasteiger partial charge in [-0.2, -0.15) is 0 Å². The first-order chi connectivity index (χ1) is 14.2. The minimum Gasteiger partial charge on any atom is -0.334 e. The van der Waals surface area contributed by atoms with Crippen LogP contribution >= 0.6 is 0 Å². The first kappa shape index (κ1) is 18.1. The third-order valence-corrected chi connectivity index (χ3v) is 6.07. The number of rotatable bonds is 4. The second-order valence-corrected chi connectivity index (χ2v) is 8.09. The van der Waals surface area contributed by atoms with Crippen molar-refractivity contribution in [3.8, 4) is 0 Å². The summed E-state index contributed by atoms with van der Waals surface area (Å²) in [6.45, 7) is 2.83. The van der Waals surface area contributed by atoms with Crippen molar-refractivity contribution in [2.24, 2.45) is 5.92 Å². The Morgan fingerprint density at radius 3 is 2.62 bits per heavy atom. The van der Waals surface area contributed by atoms with Crippen molar-refractivity contribution in [2.75, 3.05) is 13.1 Å². The highest BCUT2D eigenvalue weighted by molar-refractivity contribution is 5.80. The highest BCUT2D eigenvalue weighted by atomic mass is 16.2. The van der Waals surface area contributed by atoms with E-state index in [9.17, 15) is 9.59 Å². The summed E-state index contributed by atoms with van der Waals surface area (Å²) in [6, 6.07) is 17.6. The van der Waals surface area contributed by atoms with E-state index in [0.717, 1.165) is 31.6 Å². The molecule has 6 rings (SSSR count). The largest absolute Gasteiger partial charge is 0.334 e. The number of piperidine rings is 1. The molecule has 0 unspecified atom stereocenters. The fourth-order valence-electron chi connectivity index (χ4n) is 4.66. The lowest BCUT2D eigenvalue weighted by molar-refractivity contribution is -0.140. The highest BCUT2D eigenvalue weighted by Gasteiger charge is 2.40. The third-order valence-electron chi connectivity index (χ3n) is 6.07. The molecule has 0 spiro atoms. The normalized spacial score (nSPS) is 22.2. The molecule has 2 atom stereocenters. The Hall–Kier alpha value is -2.99. The zero-order chi connectivity index (χ0) is 19.8. The molecule has 3 aromatic rings. The number of pyridine rings is 1. The van der Waals surface area contributed by atoms with Crippen LogP contribution in [0, 0.1) is 5.92 Å². The molecular formula is C23H24N4O2. The van der Waals surface area contributed by atoms with Crippen LogP contribution in [-0.2, 0) is 17.9 Å². The first-order valence-electron chi connectivity index (χ1n) is 10.2. The quantitative estimate of drug-likeness (QED) is 0.688. The Morgan fingerprint density at radius 1 is 0.931 bits per heavy atom. The van der Waals surface area contributed by atoms with Crippen molar-refractivity contribution in [1.29, 1.82) is 0 Å². The molecule has 0 N–H and O–H groups in total. The molecule has 1 aromatic carbocycles. The number of amides is 1. The van der Waals surface area contributed by atoms with Crippen LogP contribution in [0.5, 0.6) is 0 Å². The van der Waals surface area contributed by atoms with Gasteiger partial charge in [0.25, 0.3) is 5.56 Å². The molecule has 2 bridgehead atoms. The summed E-state index contributed by atoms with van der Waals surface area (Å²) in [5, 5.41) is 0. The van der Waals surface area contributed by atoms with Gasteiger partial charge >= 0.3 is 0 Å². The van der Waals surface area contributed by atoms with Gasteiger partial charge in [-0.25, -0.2) is 4.98 Å². The summed E-state index contributed by atoms with van der Waals surface area (Å²) in [6.07, 6.45) is 3.72. The lowest BCUT2D eigenvalue weighted by Gasteiger charge is -2.36. The fraction of sp³-hybridized carbons (Fsp3) is 0.348. The molecule has 5 heterocycles. The van der Waals surface area contributed by atoms with Crippen LogP contribution < -0.4 is 5.56 Å². The van der Waals surface area contributed by atoms with Crippen molar-refractivity contribution in [3.05, 3.63) is 82.4 Å². The molecule has 3 aliphatic heterocycles. The third kappa shape index (κ3) is 3.56. The van der Waals surface area contributed by atoms with Crippen molar-refractivity contribution >= 4 is 11.6 Å². The van der Waals surface area contributed by atoms with Crippen LogP contribution in [-0.4, -0.2) is 44.2 Å². The van der Waals surface area contributed by atoms with Crippen LogP contribution in [0.3, 0.4) is 0 Å². The highest BCUT2D eigenvalue weighted by Crippen LogP contribution is 2.31. The number of hydrogen-bond acceptors (Lipinski definition) is 4. The van der Waals surface area contributed by atoms with E-state index in [2.05, 4.69) is 26.9 Å². The predicted molar refractivity (Wildman–Crippen MR) is 110 cm³/mol. The van der Waals surface area contributed by atoms with Gasteiger partial charge in [0.15, 0.2) is 0 Å². The van der Waals surface area contributed by atoms with Crippen molar-refractivity contribution in [2.45, 2.75) is 32.0 Å². The summed E-state index contributed by atoms with van der Waals surface area (Å²) < 4.78 is 1.56. The van der Waals surface area contributed by atoms with E-state index in [1.165, 1.54) is 5.56 Å². The average molecular weight is 388 g/mol. The minimum atomic E-state index is -0.0647. The van der Waals surface area contributed by atoms with E-state index < -0.39 is 0 Å². The molecule has 0 radical (unpaired) electrons. The second kappa shape index (κ2) is 7.44. The summed E-state index contributed by atoms with van der Waals surface area (Å²) in [5.41, 5.74) is 2.54. The topological polar surface area (TPSA) is 57.9 Å².